The average Bonchev–Trinajstić information content (AvgIpc) is 2.75. The number of aromatic hydroxyl groups is 2. The molecule has 2 atom stereocenters. The van der Waals surface area contributed by atoms with Gasteiger partial charge in [0.1, 0.15) is 11.5 Å². The van der Waals surface area contributed by atoms with Gasteiger partial charge in [-0.15, -0.1) is 0 Å². The van der Waals surface area contributed by atoms with Crippen molar-refractivity contribution < 1.29 is 20.1 Å². The molecule has 2 aromatic carbocycles. The molecular weight excluding hydrogens is 270 g/mol. The number of nitrogens with one attached hydrogen (secondary N) is 1. The zero-order chi connectivity index (χ0) is 15.0. The maximum Gasteiger partial charge on any atom is 0.255 e. The lowest BCUT2D eigenvalue weighted by molar-refractivity contribution is 0.0855. The third kappa shape index (κ3) is 2.43. The number of carbonyl (C=O) groups excluding carboxylic acids is 1. The molecule has 0 radical (unpaired) electrons. The van der Waals surface area contributed by atoms with Crippen molar-refractivity contribution in [1.82, 2.24) is 5.32 Å². The lowest BCUT2D eigenvalue weighted by Gasteiger charge is -2.18. The Hall–Kier alpha value is -2.53. The Labute approximate surface area is 121 Å². The van der Waals surface area contributed by atoms with Gasteiger partial charge in [-0.25, -0.2) is 0 Å². The summed E-state index contributed by atoms with van der Waals surface area (Å²) in [6, 6.07) is 10.8. The van der Waals surface area contributed by atoms with Gasteiger partial charge in [-0.05, 0) is 23.3 Å². The molecule has 0 aliphatic heterocycles. The molecule has 1 amide bonds. The molecule has 0 saturated heterocycles. The number of hydrogen-bond donors (Lipinski definition) is 4. The van der Waals surface area contributed by atoms with Crippen LogP contribution in [-0.2, 0) is 6.42 Å². The minimum atomic E-state index is -0.689. The minimum absolute atomic E-state index is 0.0596. The Morgan fingerprint density at radius 3 is 2.67 bits per heavy atom. The van der Waals surface area contributed by atoms with E-state index in [1.807, 2.05) is 24.3 Å². The third-order valence-electron chi connectivity index (χ3n) is 3.72. The number of aliphatic hydroxyl groups is 1. The average molecular weight is 285 g/mol. The first-order valence-electron chi connectivity index (χ1n) is 6.65. The van der Waals surface area contributed by atoms with E-state index in [-0.39, 0.29) is 17.1 Å². The molecule has 108 valence electrons. The Morgan fingerprint density at radius 1 is 1.14 bits per heavy atom. The standard InChI is InChI=1S/C16H15NO4/c18-10-5-6-12(13(19)8-10)16(21)17-15-11-4-2-1-3-9(11)7-14(15)20/h1-6,8,14-15,18-20H,7H2,(H,17,21)/t14-,15+/m1/s1. The number of benzene rings is 2. The third-order valence-corrected chi connectivity index (χ3v) is 3.72. The summed E-state index contributed by atoms with van der Waals surface area (Å²) in [6.07, 6.45) is -0.200. The number of hydrogen-bond acceptors (Lipinski definition) is 4. The topological polar surface area (TPSA) is 89.8 Å². The largest absolute Gasteiger partial charge is 0.508 e. The fourth-order valence-corrected chi connectivity index (χ4v) is 2.68. The second-order valence-corrected chi connectivity index (χ2v) is 5.12. The van der Waals surface area contributed by atoms with Crippen LogP contribution < -0.4 is 5.32 Å². The first-order valence-corrected chi connectivity index (χ1v) is 6.65. The van der Waals surface area contributed by atoms with Gasteiger partial charge in [0.25, 0.3) is 5.91 Å². The van der Waals surface area contributed by atoms with Gasteiger partial charge in [0.05, 0.1) is 17.7 Å². The number of rotatable bonds is 2. The summed E-state index contributed by atoms with van der Waals surface area (Å²) in [5, 5.41) is 31.8. The molecule has 0 spiro atoms. The fraction of sp³-hybridized carbons (Fsp3) is 0.188. The molecule has 4 N–H and O–H groups in total. The Bertz CT molecular complexity index is 698. The second-order valence-electron chi connectivity index (χ2n) is 5.12. The van der Waals surface area contributed by atoms with E-state index >= 15 is 0 Å². The normalized spacial score (nSPS) is 20.0. The molecule has 21 heavy (non-hydrogen) atoms. The molecule has 1 aliphatic rings. The summed E-state index contributed by atoms with van der Waals surface area (Å²) in [5.41, 5.74) is 1.95. The highest BCUT2D eigenvalue weighted by molar-refractivity contribution is 5.97. The second kappa shape index (κ2) is 5.10. The van der Waals surface area contributed by atoms with Crippen molar-refractivity contribution in [3.63, 3.8) is 0 Å². The molecule has 0 unspecified atom stereocenters. The lowest BCUT2D eigenvalue weighted by atomic mass is 10.1. The Kier molecular flexibility index (Phi) is 3.27. The summed E-state index contributed by atoms with van der Waals surface area (Å²) in [5.74, 6) is -0.906. The van der Waals surface area contributed by atoms with Crippen molar-refractivity contribution in [2.45, 2.75) is 18.6 Å². The summed E-state index contributed by atoms with van der Waals surface area (Å²) in [6.45, 7) is 0. The number of amides is 1. The van der Waals surface area contributed by atoms with Gasteiger partial charge < -0.3 is 20.6 Å². The van der Waals surface area contributed by atoms with Gasteiger partial charge in [-0.1, -0.05) is 24.3 Å². The number of carbonyl (C=O) groups is 1. The maximum atomic E-state index is 12.2. The van der Waals surface area contributed by atoms with Gasteiger partial charge in [0, 0.05) is 12.5 Å². The summed E-state index contributed by atoms with van der Waals surface area (Å²) in [7, 11) is 0. The van der Waals surface area contributed by atoms with Crippen LogP contribution >= 0.6 is 0 Å². The van der Waals surface area contributed by atoms with E-state index < -0.39 is 18.1 Å². The highest BCUT2D eigenvalue weighted by atomic mass is 16.3. The Morgan fingerprint density at radius 2 is 1.90 bits per heavy atom. The smallest absolute Gasteiger partial charge is 0.255 e. The van der Waals surface area contributed by atoms with E-state index in [0.29, 0.717) is 6.42 Å². The van der Waals surface area contributed by atoms with Gasteiger partial charge in [-0.2, -0.15) is 0 Å². The van der Waals surface area contributed by atoms with Gasteiger partial charge >= 0.3 is 0 Å². The SMILES string of the molecule is O=C(N[C@H]1c2ccccc2C[C@H]1O)c1ccc(O)cc1O. The van der Waals surface area contributed by atoms with Crippen LogP contribution in [0.3, 0.4) is 0 Å². The van der Waals surface area contributed by atoms with Crippen LogP contribution in [0, 0.1) is 0 Å². The predicted octanol–water partition coefficient (Wildman–Crippen LogP) is 1.49. The molecule has 5 heteroatoms. The van der Waals surface area contributed by atoms with Crippen molar-refractivity contribution in [3.8, 4) is 11.5 Å². The zero-order valence-corrected chi connectivity index (χ0v) is 11.2. The van der Waals surface area contributed by atoms with Crippen LogP contribution in [0.25, 0.3) is 0 Å². The molecule has 5 nitrogen and oxygen atoms in total. The Balaban J connectivity index is 1.85. The zero-order valence-electron chi connectivity index (χ0n) is 11.2. The molecule has 0 fully saturated rings. The van der Waals surface area contributed by atoms with Crippen LogP contribution in [0.5, 0.6) is 11.5 Å². The molecule has 0 heterocycles. The number of phenolic OH excluding ortho intramolecular Hbond substituents is 2. The molecule has 1 aliphatic carbocycles. The molecule has 0 aromatic heterocycles. The fourth-order valence-electron chi connectivity index (χ4n) is 2.68. The number of aliphatic hydroxyl groups excluding tert-OH is 1. The minimum Gasteiger partial charge on any atom is -0.508 e. The summed E-state index contributed by atoms with van der Waals surface area (Å²) < 4.78 is 0. The predicted molar refractivity (Wildman–Crippen MR) is 76.1 cm³/mol. The van der Waals surface area contributed by atoms with Crippen LogP contribution in [0.1, 0.15) is 27.5 Å². The molecule has 0 saturated carbocycles. The van der Waals surface area contributed by atoms with E-state index in [1.54, 1.807) is 0 Å². The lowest BCUT2D eigenvalue weighted by Crippen LogP contribution is -2.33. The van der Waals surface area contributed by atoms with E-state index in [2.05, 4.69) is 5.32 Å². The highest BCUT2D eigenvalue weighted by Gasteiger charge is 2.32. The molecule has 2 aromatic rings. The van der Waals surface area contributed by atoms with Crippen molar-refractivity contribution in [1.29, 1.82) is 0 Å². The van der Waals surface area contributed by atoms with Gasteiger partial charge in [0.2, 0.25) is 0 Å². The molecular formula is C16H15NO4. The number of fused-ring (bicyclic) bond motifs is 1. The van der Waals surface area contributed by atoms with Crippen LogP contribution in [-0.4, -0.2) is 27.3 Å². The van der Waals surface area contributed by atoms with Crippen LogP contribution in [0.4, 0.5) is 0 Å². The molecule has 3 rings (SSSR count). The van der Waals surface area contributed by atoms with Crippen molar-refractivity contribution in [3.05, 3.63) is 59.2 Å². The van der Waals surface area contributed by atoms with E-state index in [0.717, 1.165) is 17.2 Å². The van der Waals surface area contributed by atoms with E-state index in [9.17, 15) is 20.1 Å². The number of phenols is 2. The van der Waals surface area contributed by atoms with Gasteiger partial charge in [0.15, 0.2) is 0 Å². The maximum absolute atomic E-state index is 12.2. The van der Waals surface area contributed by atoms with Crippen LogP contribution in [0.2, 0.25) is 0 Å². The van der Waals surface area contributed by atoms with Crippen molar-refractivity contribution in [2.75, 3.05) is 0 Å². The van der Waals surface area contributed by atoms with Gasteiger partial charge in [-0.3, -0.25) is 4.79 Å². The monoisotopic (exact) mass is 285 g/mol. The van der Waals surface area contributed by atoms with Crippen molar-refractivity contribution >= 4 is 5.91 Å². The summed E-state index contributed by atoms with van der Waals surface area (Å²) in [4.78, 5) is 12.2. The van der Waals surface area contributed by atoms with E-state index in [4.69, 9.17) is 0 Å². The van der Waals surface area contributed by atoms with Crippen LogP contribution in [0.15, 0.2) is 42.5 Å². The first kappa shape index (κ1) is 13.5. The molecule has 0 bridgehead atoms. The van der Waals surface area contributed by atoms with Crippen molar-refractivity contribution in [2.24, 2.45) is 0 Å². The summed E-state index contributed by atoms with van der Waals surface area (Å²) >= 11 is 0. The highest BCUT2D eigenvalue weighted by Crippen LogP contribution is 2.32. The van der Waals surface area contributed by atoms with E-state index in [1.165, 1.54) is 12.1 Å². The first-order chi connectivity index (χ1) is 10.1. The quantitative estimate of drug-likeness (QED) is 0.673.